The van der Waals surface area contributed by atoms with E-state index in [2.05, 4.69) is 10.6 Å². The molecule has 0 aromatic heterocycles. The van der Waals surface area contributed by atoms with Crippen molar-refractivity contribution in [3.63, 3.8) is 0 Å². The third-order valence-corrected chi connectivity index (χ3v) is 3.32. The molecule has 0 saturated heterocycles. The third-order valence-electron chi connectivity index (χ3n) is 3.32. The maximum atomic E-state index is 12.6. The Hall–Kier alpha value is -1.79. The Morgan fingerprint density at radius 1 is 1.13 bits per heavy atom. The maximum Gasteiger partial charge on any atom is 0.407 e. The molecule has 3 amide bonds. The molecule has 0 fully saturated rings. The molecule has 7 heteroatoms. The monoisotopic (exact) mass is 329 g/mol. The molecule has 2 N–H and O–H groups in total. The summed E-state index contributed by atoms with van der Waals surface area (Å²) in [6, 6.07) is -0.413. The maximum absolute atomic E-state index is 12.6. The molecule has 7 nitrogen and oxygen atoms in total. The van der Waals surface area contributed by atoms with Crippen molar-refractivity contribution in [2.75, 3.05) is 20.6 Å². The normalized spacial score (nSPS) is 14.0. The van der Waals surface area contributed by atoms with Crippen LogP contribution in [0.25, 0.3) is 0 Å². The summed E-state index contributed by atoms with van der Waals surface area (Å²) >= 11 is 0. The molecule has 0 aromatic rings. The second-order valence-electron chi connectivity index (χ2n) is 7.07. The van der Waals surface area contributed by atoms with Crippen LogP contribution in [0.1, 0.15) is 41.5 Å². The van der Waals surface area contributed by atoms with E-state index in [1.807, 2.05) is 13.8 Å². The number of likely N-dealkylation sites (N-methyl/N-ethyl adjacent to an activating group) is 2. The van der Waals surface area contributed by atoms with Gasteiger partial charge in [0.1, 0.15) is 5.60 Å². The van der Waals surface area contributed by atoms with Gasteiger partial charge in [-0.1, -0.05) is 13.8 Å². The van der Waals surface area contributed by atoms with Gasteiger partial charge in [-0.15, -0.1) is 0 Å². The predicted octanol–water partition coefficient (Wildman–Crippen LogP) is 1.38. The van der Waals surface area contributed by atoms with Crippen LogP contribution in [0.2, 0.25) is 0 Å². The van der Waals surface area contributed by atoms with E-state index < -0.39 is 23.7 Å². The summed E-state index contributed by atoms with van der Waals surface area (Å²) in [7, 11) is 3.10. The van der Waals surface area contributed by atoms with Gasteiger partial charge in [-0.25, -0.2) is 4.79 Å². The number of carbonyl (C=O) groups excluding carboxylic acids is 3. The van der Waals surface area contributed by atoms with E-state index in [0.29, 0.717) is 0 Å². The Morgan fingerprint density at radius 3 is 2.04 bits per heavy atom. The van der Waals surface area contributed by atoms with Crippen LogP contribution in [0.3, 0.4) is 0 Å². The summed E-state index contributed by atoms with van der Waals surface area (Å²) in [5, 5.41) is 5.20. The third kappa shape index (κ3) is 7.85. The number of amides is 3. The fourth-order valence-corrected chi connectivity index (χ4v) is 2.29. The summed E-state index contributed by atoms with van der Waals surface area (Å²) in [5.41, 5.74) is -0.600. The van der Waals surface area contributed by atoms with Crippen LogP contribution in [-0.4, -0.2) is 55.1 Å². The second-order valence-corrected chi connectivity index (χ2v) is 7.07. The van der Waals surface area contributed by atoms with Gasteiger partial charge in [0.15, 0.2) is 0 Å². The lowest BCUT2D eigenvalue weighted by molar-refractivity contribution is -0.139. The molecule has 0 aromatic carbocycles. The lowest BCUT2D eigenvalue weighted by Gasteiger charge is -2.31. The average Bonchev–Trinajstić information content (AvgIpc) is 2.35. The predicted molar refractivity (Wildman–Crippen MR) is 88.9 cm³/mol. The van der Waals surface area contributed by atoms with E-state index in [0.717, 1.165) is 0 Å². The van der Waals surface area contributed by atoms with E-state index in [9.17, 15) is 14.4 Å². The van der Waals surface area contributed by atoms with Gasteiger partial charge in [0.2, 0.25) is 11.8 Å². The molecule has 0 saturated carbocycles. The molecular formula is C16H31N3O4. The number of ether oxygens (including phenoxy) is 1. The van der Waals surface area contributed by atoms with E-state index >= 15 is 0 Å². The van der Waals surface area contributed by atoms with Crippen LogP contribution in [-0.2, 0) is 14.3 Å². The SMILES string of the molecule is CNC(=O)CN(C)C(=O)[C@H](C(C)C)[C@@H](C)NC(=O)OC(C)(C)C. The quantitative estimate of drug-likeness (QED) is 0.770. The van der Waals surface area contributed by atoms with Crippen LogP contribution in [0.15, 0.2) is 0 Å². The van der Waals surface area contributed by atoms with Gasteiger partial charge in [-0.2, -0.15) is 0 Å². The zero-order valence-corrected chi connectivity index (χ0v) is 15.5. The van der Waals surface area contributed by atoms with Crippen LogP contribution in [0.4, 0.5) is 4.79 Å². The fraction of sp³-hybridized carbons (Fsp3) is 0.812. The van der Waals surface area contributed by atoms with Crippen molar-refractivity contribution >= 4 is 17.9 Å². The van der Waals surface area contributed by atoms with Gasteiger partial charge in [-0.05, 0) is 33.6 Å². The van der Waals surface area contributed by atoms with Crippen molar-refractivity contribution in [1.29, 1.82) is 0 Å². The van der Waals surface area contributed by atoms with Crippen LogP contribution in [0.5, 0.6) is 0 Å². The van der Waals surface area contributed by atoms with Gasteiger partial charge < -0.3 is 20.3 Å². The minimum Gasteiger partial charge on any atom is -0.444 e. The molecule has 0 aliphatic carbocycles. The summed E-state index contributed by atoms with van der Waals surface area (Å²) in [6.45, 7) is 10.9. The largest absolute Gasteiger partial charge is 0.444 e. The van der Waals surface area contributed by atoms with Gasteiger partial charge >= 0.3 is 6.09 Å². The molecule has 0 radical (unpaired) electrons. The zero-order chi connectivity index (χ0) is 18.4. The number of hydrogen-bond donors (Lipinski definition) is 2. The number of nitrogens with one attached hydrogen (secondary N) is 2. The Morgan fingerprint density at radius 2 is 1.65 bits per heavy atom. The highest BCUT2D eigenvalue weighted by Crippen LogP contribution is 2.19. The molecule has 0 aliphatic rings. The van der Waals surface area contributed by atoms with Gasteiger partial charge in [-0.3, -0.25) is 9.59 Å². The fourth-order valence-electron chi connectivity index (χ4n) is 2.29. The van der Waals surface area contributed by atoms with Gasteiger partial charge in [0.25, 0.3) is 0 Å². The van der Waals surface area contributed by atoms with Crippen molar-refractivity contribution in [1.82, 2.24) is 15.5 Å². The number of nitrogens with zero attached hydrogens (tertiary/aromatic N) is 1. The minimum atomic E-state index is -0.600. The second kappa shape index (κ2) is 8.74. The molecule has 0 heterocycles. The molecule has 0 bridgehead atoms. The van der Waals surface area contributed by atoms with E-state index in [-0.39, 0.29) is 24.3 Å². The topological polar surface area (TPSA) is 87.7 Å². The first kappa shape index (κ1) is 21.2. The van der Waals surface area contributed by atoms with Crippen LogP contribution >= 0.6 is 0 Å². The van der Waals surface area contributed by atoms with Gasteiger partial charge in [0.05, 0.1) is 12.5 Å². The van der Waals surface area contributed by atoms with Crippen molar-refractivity contribution in [2.24, 2.45) is 11.8 Å². The molecule has 0 aliphatic heterocycles. The lowest BCUT2D eigenvalue weighted by Crippen LogP contribution is -2.50. The Bertz CT molecular complexity index is 430. The highest BCUT2D eigenvalue weighted by atomic mass is 16.6. The van der Waals surface area contributed by atoms with Crippen LogP contribution in [0, 0.1) is 11.8 Å². The Kier molecular flexibility index (Phi) is 8.06. The van der Waals surface area contributed by atoms with Crippen molar-refractivity contribution in [2.45, 2.75) is 53.2 Å². The highest BCUT2D eigenvalue weighted by Gasteiger charge is 2.32. The molecular weight excluding hydrogens is 298 g/mol. The van der Waals surface area contributed by atoms with Crippen molar-refractivity contribution in [3.8, 4) is 0 Å². The zero-order valence-electron chi connectivity index (χ0n) is 15.5. The summed E-state index contributed by atoms with van der Waals surface area (Å²) < 4.78 is 5.22. The Labute approximate surface area is 139 Å². The first-order valence-corrected chi connectivity index (χ1v) is 7.84. The van der Waals surface area contributed by atoms with E-state index in [4.69, 9.17) is 4.74 Å². The Balaban J connectivity index is 4.92. The summed E-state index contributed by atoms with van der Waals surface area (Å²) in [6.07, 6.45) is -0.558. The minimum absolute atomic E-state index is 0.000394. The molecule has 2 atom stereocenters. The first-order valence-electron chi connectivity index (χ1n) is 7.84. The molecule has 0 unspecified atom stereocenters. The molecule has 0 spiro atoms. The van der Waals surface area contributed by atoms with Gasteiger partial charge in [0, 0.05) is 20.1 Å². The number of carbonyl (C=O) groups is 3. The smallest absolute Gasteiger partial charge is 0.407 e. The van der Waals surface area contributed by atoms with E-state index in [1.54, 1.807) is 34.7 Å². The summed E-state index contributed by atoms with van der Waals surface area (Å²) in [5.74, 6) is -0.875. The number of hydrogen-bond acceptors (Lipinski definition) is 4. The lowest BCUT2D eigenvalue weighted by atomic mass is 9.88. The van der Waals surface area contributed by atoms with Crippen LogP contribution < -0.4 is 10.6 Å². The molecule has 0 rings (SSSR count). The average molecular weight is 329 g/mol. The standard InChI is InChI=1S/C16H31N3O4/c1-10(2)13(14(21)19(8)9-12(20)17-7)11(3)18-15(22)23-16(4,5)6/h10-11,13H,9H2,1-8H3,(H,17,20)(H,18,22)/t11-,13-/m1/s1. The summed E-state index contributed by atoms with van der Waals surface area (Å²) in [4.78, 5) is 37.3. The molecule has 134 valence electrons. The molecule has 23 heavy (non-hydrogen) atoms. The van der Waals surface area contributed by atoms with E-state index in [1.165, 1.54) is 11.9 Å². The highest BCUT2D eigenvalue weighted by molar-refractivity contribution is 5.86. The first-order chi connectivity index (χ1) is 10.4. The van der Waals surface area contributed by atoms with Crippen molar-refractivity contribution < 1.29 is 19.1 Å². The number of rotatable bonds is 6. The number of alkyl carbamates (subject to hydrolysis) is 1. The van der Waals surface area contributed by atoms with Crippen molar-refractivity contribution in [3.05, 3.63) is 0 Å².